The van der Waals surface area contributed by atoms with E-state index >= 15 is 0 Å². The largest absolute Gasteiger partial charge is 0.381 e. The molecule has 0 atom stereocenters. The van der Waals surface area contributed by atoms with Crippen LogP contribution in [-0.4, -0.2) is 45.3 Å². The third-order valence-electron chi connectivity index (χ3n) is 4.81. The van der Waals surface area contributed by atoms with Crippen LogP contribution in [0.1, 0.15) is 29.2 Å². The monoisotopic (exact) mass is 383 g/mol. The molecule has 4 N–H and O–H groups in total. The van der Waals surface area contributed by atoms with Crippen LogP contribution in [0.5, 0.6) is 0 Å². The van der Waals surface area contributed by atoms with Gasteiger partial charge in [0.25, 0.3) is 11.5 Å². The van der Waals surface area contributed by atoms with Crippen molar-refractivity contribution >= 4 is 28.9 Å². The Labute approximate surface area is 160 Å². The fourth-order valence-corrected chi connectivity index (χ4v) is 3.37. The van der Waals surface area contributed by atoms with Crippen molar-refractivity contribution in [3.05, 3.63) is 46.5 Å². The summed E-state index contributed by atoms with van der Waals surface area (Å²) in [6.07, 6.45) is 4.77. The highest BCUT2D eigenvalue weighted by atomic mass is 16.5. The highest BCUT2D eigenvalue weighted by molar-refractivity contribution is 5.98. The molecule has 1 saturated heterocycles. The van der Waals surface area contributed by atoms with Crippen LogP contribution >= 0.6 is 0 Å². The molecule has 1 aliphatic heterocycles. The van der Waals surface area contributed by atoms with E-state index in [1.807, 2.05) is 6.07 Å². The number of carbonyl (C=O) groups is 1. The average molecular weight is 383 g/mol. The zero-order valence-electron chi connectivity index (χ0n) is 15.4. The summed E-state index contributed by atoms with van der Waals surface area (Å²) in [5.41, 5.74) is 6.18. The first kappa shape index (κ1) is 18.0. The summed E-state index contributed by atoms with van der Waals surface area (Å²) in [6, 6.07) is 5.34. The van der Waals surface area contributed by atoms with Crippen molar-refractivity contribution in [1.82, 2.24) is 19.2 Å². The molecule has 4 heterocycles. The van der Waals surface area contributed by atoms with E-state index in [-0.39, 0.29) is 17.2 Å². The highest BCUT2D eigenvalue weighted by Gasteiger charge is 2.19. The van der Waals surface area contributed by atoms with Gasteiger partial charge in [-0.15, -0.1) is 0 Å². The zero-order valence-corrected chi connectivity index (χ0v) is 15.4. The first-order valence-electron chi connectivity index (χ1n) is 9.00. The number of rotatable bonds is 5. The Hall–Kier alpha value is -3.40. The van der Waals surface area contributed by atoms with Crippen LogP contribution in [0.15, 0.2) is 35.4 Å². The summed E-state index contributed by atoms with van der Waals surface area (Å²) in [6.45, 7) is 1.30. The number of fused-ring (bicyclic) bond motifs is 1. The molecule has 0 saturated carbocycles. The molecule has 0 bridgehead atoms. The molecule has 1 amide bonds. The number of nitrogens with zero attached hydrogens (tertiary/aromatic N) is 4. The number of nitrogens with two attached hydrogens (primary N) is 1. The maximum Gasteiger partial charge on any atom is 0.274 e. The second kappa shape index (κ2) is 7.31. The maximum absolute atomic E-state index is 12.9. The Bertz CT molecular complexity index is 1080. The van der Waals surface area contributed by atoms with Crippen molar-refractivity contribution in [2.75, 3.05) is 30.9 Å². The molecule has 1 aliphatic rings. The molecule has 0 aromatic carbocycles. The van der Waals surface area contributed by atoms with Gasteiger partial charge in [0.1, 0.15) is 22.9 Å². The Balaban J connectivity index is 1.73. The minimum absolute atomic E-state index is 0.114. The molecule has 3 aromatic heterocycles. The number of carbonyl (C=O) groups excluding carboxylic acids is 1. The first-order chi connectivity index (χ1) is 13.6. The molecule has 10 nitrogen and oxygen atoms in total. The molecule has 28 heavy (non-hydrogen) atoms. The van der Waals surface area contributed by atoms with Crippen LogP contribution in [0.4, 0.5) is 17.3 Å². The zero-order chi connectivity index (χ0) is 19.7. The normalized spacial score (nSPS) is 14.9. The number of ether oxygens (including phenoxy) is 1. The van der Waals surface area contributed by atoms with Gasteiger partial charge >= 0.3 is 0 Å². The Morgan fingerprint density at radius 3 is 2.86 bits per heavy atom. The Kier molecular flexibility index (Phi) is 4.70. The highest BCUT2D eigenvalue weighted by Crippen LogP contribution is 2.22. The summed E-state index contributed by atoms with van der Waals surface area (Å²) in [7, 11) is 1.73. The molecule has 146 valence electrons. The van der Waals surface area contributed by atoms with E-state index < -0.39 is 5.91 Å². The van der Waals surface area contributed by atoms with Gasteiger partial charge in [-0.3, -0.25) is 9.59 Å². The van der Waals surface area contributed by atoms with E-state index in [9.17, 15) is 9.59 Å². The molecule has 3 aromatic rings. The SMILES string of the molecule is CNc1cc(Nc2cccn(C3CCOCC3)c2=O)nc2c(C(N)=O)cnn12. The predicted molar refractivity (Wildman–Crippen MR) is 104 cm³/mol. The van der Waals surface area contributed by atoms with Gasteiger partial charge in [0.15, 0.2) is 5.65 Å². The van der Waals surface area contributed by atoms with Crippen LogP contribution in [0, 0.1) is 0 Å². The molecule has 4 rings (SSSR count). The number of amides is 1. The quantitative estimate of drug-likeness (QED) is 0.602. The third kappa shape index (κ3) is 3.18. The lowest BCUT2D eigenvalue weighted by atomic mass is 10.1. The third-order valence-corrected chi connectivity index (χ3v) is 4.81. The van der Waals surface area contributed by atoms with Crippen molar-refractivity contribution in [2.24, 2.45) is 5.73 Å². The molecule has 0 unspecified atom stereocenters. The summed E-state index contributed by atoms with van der Waals surface area (Å²) >= 11 is 0. The van der Waals surface area contributed by atoms with Crippen LogP contribution in [-0.2, 0) is 4.74 Å². The number of hydrogen-bond donors (Lipinski definition) is 3. The van der Waals surface area contributed by atoms with Crippen molar-refractivity contribution in [2.45, 2.75) is 18.9 Å². The van der Waals surface area contributed by atoms with Crippen LogP contribution in [0.2, 0.25) is 0 Å². The van der Waals surface area contributed by atoms with Crippen molar-refractivity contribution < 1.29 is 9.53 Å². The van der Waals surface area contributed by atoms with Gasteiger partial charge < -0.3 is 25.7 Å². The van der Waals surface area contributed by atoms with Gasteiger partial charge in [-0.25, -0.2) is 4.98 Å². The molecule has 0 aliphatic carbocycles. The van der Waals surface area contributed by atoms with Crippen molar-refractivity contribution in [3.8, 4) is 0 Å². The second-order valence-electron chi connectivity index (χ2n) is 6.54. The van der Waals surface area contributed by atoms with E-state index in [2.05, 4.69) is 20.7 Å². The summed E-state index contributed by atoms with van der Waals surface area (Å²) in [5, 5.41) is 10.2. The summed E-state index contributed by atoms with van der Waals surface area (Å²) < 4.78 is 8.60. The molecule has 0 radical (unpaired) electrons. The topological polar surface area (TPSA) is 129 Å². The minimum Gasteiger partial charge on any atom is -0.381 e. The van der Waals surface area contributed by atoms with Gasteiger partial charge in [-0.1, -0.05) is 0 Å². The van der Waals surface area contributed by atoms with E-state index in [1.165, 1.54) is 10.7 Å². The maximum atomic E-state index is 12.9. The van der Waals surface area contributed by atoms with E-state index in [0.717, 1.165) is 12.8 Å². The van der Waals surface area contributed by atoms with Gasteiger partial charge in [0, 0.05) is 38.6 Å². The fraction of sp³-hybridized carbons (Fsp3) is 0.333. The van der Waals surface area contributed by atoms with Crippen molar-refractivity contribution in [1.29, 1.82) is 0 Å². The van der Waals surface area contributed by atoms with Crippen molar-refractivity contribution in [3.63, 3.8) is 0 Å². The van der Waals surface area contributed by atoms with Gasteiger partial charge in [-0.05, 0) is 25.0 Å². The molecular formula is C18H21N7O3. The second-order valence-corrected chi connectivity index (χ2v) is 6.54. The number of primary amides is 1. The van der Waals surface area contributed by atoms with Gasteiger partial charge in [0.2, 0.25) is 0 Å². The van der Waals surface area contributed by atoms with E-state index in [0.29, 0.717) is 36.2 Å². The van der Waals surface area contributed by atoms with E-state index in [1.54, 1.807) is 29.9 Å². The van der Waals surface area contributed by atoms with Crippen LogP contribution in [0.3, 0.4) is 0 Å². The standard InChI is InChI=1S/C18H21N7O3/c1-20-15-9-14(23-17-12(16(19)26)10-21-25(15)17)22-13-3-2-6-24(18(13)27)11-4-7-28-8-5-11/h2-3,6,9-11,20H,4-5,7-8H2,1H3,(H2,19,26)(H,22,23). The van der Waals surface area contributed by atoms with Crippen LogP contribution < -0.4 is 21.9 Å². The Morgan fingerprint density at radius 2 is 2.14 bits per heavy atom. The number of hydrogen-bond acceptors (Lipinski definition) is 7. The summed E-state index contributed by atoms with van der Waals surface area (Å²) in [4.78, 5) is 29.0. The molecule has 0 spiro atoms. The number of nitrogens with one attached hydrogen (secondary N) is 2. The number of aromatic nitrogens is 4. The molecule has 1 fully saturated rings. The summed E-state index contributed by atoms with van der Waals surface area (Å²) in [5.74, 6) is 0.380. The lowest BCUT2D eigenvalue weighted by Crippen LogP contribution is -2.29. The Morgan fingerprint density at radius 1 is 1.36 bits per heavy atom. The lowest BCUT2D eigenvalue weighted by Gasteiger charge is -2.24. The number of pyridine rings is 1. The molecular weight excluding hydrogens is 362 g/mol. The number of anilines is 3. The first-order valence-corrected chi connectivity index (χ1v) is 9.00. The smallest absolute Gasteiger partial charge is 0.274 e. The lowest BCUT2D eigenvalue weighted by molar-refractivity contribution is 0.0687. The average Bonchev–Trinajstić information content (AvgIpc) is 3.14. The van der Waals surface area contributed by atoms with Crippen LogP contribution in [0.25, 0.3) is 5.65 Å². The molecule has 10 heteroatoms. The van der Waals surface area contributed by atoms with Gasteiger partial charge in [0.05, 0.1) is 6.20 Å². The van der Waals surface area contributed by atoms with E-state index in [4.69, 9.17) is 10.5 Å². The fourth-order valence-electron chi connectivity index (χ4n) is 3.37. The minimum atomic E-state index is -0.622. The predicted octanol–water partition coefficient (Wildman–Crippen LogP) is 1.13. The van der Waals surface area contributed by atoms with Gasteiger partial charge in [-0.2, -0.15) is 9.61 Å².